The summed E-state index contributed by atoms with van der Waals surface area (Å²) in [6.07, 6.45) is 0. The zero-order valence-corrected chi connectivity index (χ0v) is 12.5. The van der Waals surface area contributed by atoms with Gasteiger partial charge in [-0.05, 0) is 28.2 Å². The molecule has 1 unspecified atom stereocenters. The topological polar surface area (TPSA) is 0 Å². The summed E-state index contributed by atoms with van der Waals surface area (Å²) >= 11 is 0. The molecule has 96 valence electrons. The smallest absolute Gasteiger partial charge is 0.00679 e. The van der Waals surface area contributed by atoms with E-state index in [-0.39, 0.29) is 5.41 Å². The maximum atomic E-state index is 2.39. The SMILES string of the molecule is CC(C)C(C(C)(C)C)C(C)(C)c1ccccc1. The molecule has 0 radical (unpaired) electrons. The lowest BCUT2D eigenvalue weighted by molar-refractivity contribution is 0.0962. The Morgan fingerprint density at radius 3 is 1.65 bits per heavy atom. The van der Waals surface area contributed by atoms with E-state index in [0.717, 1.165) is 0 Å². The highest BCUT2D eigenvalue weighted by Gasteiger charge is 2.40. The third-order valence-electron chi connectivity index (χ3n) is 3.89. The van der Waals surface area contributed by atoms with Crippen LogP contribution in [0.15, 0.2) is 30.3 Å². The molecule has 0 spiro atoms. The van der Waals surface area contributed by atoms with Gasteiger partial charge in [-0.1, -0.05) is 78.8 Å². The van der Waals surface area contributed by atoms with Crippen molar-refractivity contribution in [3.05, 3.63) is 35.9 Å². The molecule has 0 aliphatic carbocycles. The fourth-order valence-corrected chi connectivity index (χ4v) is 3.96. The van der Waals surface area contributed by atoms with Gasteiger partial charge >= 0.3 is 0 Å². The predicted molar refractivity (Wildman–Crippen MR) is 77.3 cm³/mol. The monoisotopic (exact) mass is 232 g/mol. The molecule has 0 nitrogen and oxygen atoms in total. The van der Waals surface area contributed by atoms with Crippen LogP contribution in [-0.4, -0.2) is 0 Å². The van der Waals surface area contributed by atoms with Gasteiger partial charge in [0, 0.05) is 0 Å². The van der Waals surface area contributed by atoms with Gasteiger partial charge in [-0.3, -0.25) is 0 Å². The summed E-state index contributed by atoms with van der Waals surface area (Å²) in [6, 6.07) is 10.9. The largest absolute Gasteiger partial charge is 0.0625 e. The van der Waals surface area contributed by atoms with Crippen molar-refractivity contribution in [2.75, 3.05) is 0 Å². The van der Waals surface area contributed by atoms with Gasteiger partial charge in [0.25, 0.3) is 0 Å². The van der Waals surface area contributed by atoms with Gasteiger partial charge in [0.1, 0.15) is 0 Å². The molecular weight excluding hydrogens is 204 g/mol. The molecule has 0 amide bonds. The van der Waals surface area contributed by atoms with E-state index in [0.29, 0.717) is 17.3 Å². The minimum absolute atomic E-state index is 0.216. The average Bonchev–Trinajstić information content (AvgIpc) is 2.15. The summed E-state index contributed by atoms with van der Waals surface area (Å²) in [6.45, 7) is 16.6. The van der Waals surface area contributed by atoms with Gasteiger partial charge < -0.3 is 0 Å². The lowest BCUT2D eigenvalue weighted by Crippen LogP contribution is -2.41. The standard InChI is InChI=1S/C17H28/c1-13(2)15(16(3,4)5)17(6,7)14-11-9-8-10-12-14/h8-13,15H,1-7H3. The molecule has 0 aliphatic rings. The molecule has 1 aromatic rings. The van der Waals surface area contributed by atoms with Crippen LogP contribution in [0.4, 0.5) is 0 Å². The van der Waals surface area contributed by atoms with Crippen molar-refractivity contribution in [2.45, 2.75) is 53.9 Å². The minimum Gasteiger partial charge on any atom is -0.0625 e. The Kier molecular flexibility index (Phi) is 4.06. The zero-order valence-electron chi connectivity index (χ0n) is 12.5. The molecule has 0 heterocycles. The molecule has 0 aliphatic heterocycles. The Morgan fingerprint density at radius 1 is 0.824 bits per heavy atom. The first-order valence-electron chi connectivity index (χ1n) is 6.73. The van der Waals surface area contributed by atoms with Crippen LogP contribution in [0, 0.1) is 17.3 Å². The highest BCUT2D eigenvalue weighted by Crippen LogP contribution is 2.46. The molecule has 0 bridgehead atoms. The third-order valence-corrected chi connectivity index (χ3v) is 3.89. The van der Waals surface area contributed by atoms with E-state index in [1.165, 1.54) is 5.56 Å². The molecule has 0 fully saturated rings. The van der Waals surface area contributed by atoms with Crippen molar-refractivity contribution in [3.63, 3.8) is 0 Å². The van der Waals surface area contributed by atoms with Crippen LogP contribution in [-0.2, 0) is 5.41 Å². The van der Waals surface area contributed by atoms with Crippen LogP contribution in [0.5, 0.6) is 0 Å². The number of benzene rings is 1. The summed E-state index contributed by atoms with van der Waals surface area (Å²) < 4.78 is 0. The van der Waals surface area contributed by atoms with E-state index in [2.05, 4.69) is 78.8 Å². The molecule has 17 heavy (non-hydrogen) atoms. The lowest BCUT2D eigenvalue weighted by Gasteiger charge is -2.46. The van der Waals surface area contributed by atoms with E-state index < -0.39 is 0 Å². The van der Waals surface area contributed by atoms with Crippen molar-refractivity contribution < 1.29 is 0 Å². The van der Waals surface area contributed by atoms with Crippen molar-refractivity contribution in [2.24, 2.45) is 17.3 Å². The number of hydrogen-bond donors (Lipinski definition) is 0. The average molecular weight is 232 g/mol. The summed E-state index contributed by atoms with van der Waals surface area (Å²) in [5.74, 6) is 1.35. The first kappa shape index (κ1) is 14.3. The molecule has 0 saturated carbocycles. The summed E-state index contributed by atoms with van der Waals surface area (Å²) in [5, 5.41) is 0. The highest BCUT2D eigenvalue weighted by atomic mass is 14.4. The fourth-order valence-electron chi connectivity index (χ4n) is 3.96. The van der Waals surface area contributed by atoms with Gasteiger partial charge in [-0.2, -0.15) is 0 Å². The molecule has 1 rings (SSSR count). The van der Waals surface area contributed by atoms with Crippen molar-refractivity contribution in [1.29, 1.82) is 0 Å². The molecule has 1 atom stereocenters. The second kappa shape index (κ2) is 4.84. The van der Waals surface area contributed by atoms with Crippen molar-refractivity contribution >= 4 is 0 Å². The molecule has 1 aromatic carbocycles. The van der Waals surface area contributed by atoms with Crippen LogP contribution in [0.1, 0.15) is 54.0 Å². The van der Waals surface area contributed by atoms with E-state index in [9.17, 15) is 0 Å². The quantitative estimate of drug-likeness (QED) is 0.665. The van der Waals surface area contributed by atoms with E-state index >= 15 is 0 Å². The maximum absolute atomic E-state index is 2.39. The Labute approximate surface area is 107 Å². The van der Waals surface area contributed by atoms with Gasteiger partial charge in [-0.15, -0.1) is 0 Å². The highest BCUT2D eigenvalue weighted by molar-refractivity contribution is 5.25. The van der Waals surface area contributed by atoms with Gasteiger partial charge in [0.2, 0.25) is 0 Å². The maximum Gasteiger partial charge on any atom is -0.00679 e. The van der Waals surface area contributed by atoms with Gasteiger partial charge in [-0.25, -0.2) is 0 Å². The van der Waals surface area contributed by atoms with E-state index in [1.807, 2.05) is 0 Å². The zero-order chi connectivity index (χ0) is 13.3. The van der Waals surface area contributed by atoms with Crippen molar-refractivity contribution in [1.82, 2.24) is 0 Å². The van der Waals surface area contributed by atoms with Crippen LogP contribution in [0.2, 0.25) is 0 Å². The second-order valence-corrected chi connectivity index (χ2v) is 7.18. The first-order chi connectivity index (χ1) is 7.67. The molecule has 0 aromatic heterocycles. The summed E-state index contributed by atoms with van der Waals surface area (Å²) in [4.78, 5) is 0. The van der Waals surface area contributed by atoms with E-state index in [1.54, 1.807) is 0 Å². The Hall–Kier alpha value is -0.780. The Morgan fingerprint density at radius 2 is 1.29 bits per heavy atom. The summed E-state index contributed by atoms with van der Waals surface area (Å²) in [7, 11) is 0. The number of hydrogen-bond acceptors (Lipinski definition) is 0. The van der Waals surface area contributed by atoms with Crippen LogP contribution < -0.4 is 0 Å². The van der Waals surface area contributed by atoms with Crippen LogP contribution in [0.3, 0.4) is 0 Å². The first-order valence-corrected chi connectivity index (χ1v) is 6.73. The Balaban J connectivity index is 3.18. The summed E-state index contributed by atoms with van der Waals surface area (Å²) in [5.41, 5.74) is 2.00. The fraction of sp³-hybridized carbons (Fsp3) is 0.647. The molecular formula is C17H28. The van der Waals surface area contributed by atoms with Crippen molar-refractivity contribution in [3.8, 4) is 0 Å². The lowest BCUT2D eigenvalue weighted by atomic mass is 9.59. The molecule has 0 N–H and O–H groups in total. The third kappa shape index (κ3) is 3.12. The number of rotatable bonds is 3. The molecule has 0 saturated heterocycles. The Bertz CT molecular complexity index is 338. The van der Waals surface area contributed by atoms with E-state index in [4.69, 9.17) is 0 Å². The normalized spacial score (nSPS) is 15.1. The van der Waals surface area contributed by atoms with Gasteiger partial charge in [0.15, 0.2) is 0 Å². The van der Waals surface area contributed by atoms with Gasteiger partial charge in [0.05, 0.1) is 0 Å². The minimum atomic E-state index is 0.216. The molecule has 0 heteroatoms. The van der Waals surface area contributed by atoms with Crippen LogP contribution in [0.25, 0.3) is 0 Å². The predicted octanol–water partition coefficient (Wildman–Crippen LogP) is 5.28. The second-order valence-electron chi connectivity index (χ2n) is 7.18. The van der Waals surface area contributed by atoms with Crippen LogP contribution >= 0.6 is 0 Å².